The summed E-state index contributed by atoms with van der Waals surface area (Å²) in [5.74, 6) is -0.690. The summed E-state index contributed by atoms with van der Waals surface area (Å²) < 4.78 is 36.9. The van der Waals surface area contributed by atoms with Crippen LogP contribution in [0.2, 0.25) is 0 Å². The predicted molar refractivity (Wildman–Crippen MR) is 94.4 cm³/mol. The first-order valence-corrected chi connectivity index (χ1v) is 9.97. The number of thiophene rings is 1. The van der Waals surface area contributed by atoms with E-state index in [0.717, 1.165) is 11.3 Å². The zero-order chi connectivity index (χ0) is 19.3. The lowest BCUT2D eigenvalue weighted by Gasteiger charge is -2.19. The highest BCUT2D eigenvalue weighted by Gasteiger charge is 2.27. The van der Waals surface area contributed by atoms with Crippen molar-refractivity contribution >= 4 is 33.4 Å². The van der Waals surface area contributed by atoms with Crippen LogP contribution < -0.4 is 10.0 Å². The fourth-order valence-electron chi connectivity index (χ4n) is 1.87. The highest BCUT2D eigenvalue weighted by Crippen LogP contribution is 2.27. The topological polar surface area (TPSA) is 111 Å². The Hall–Kier alpha value is -1.65. The minimum absolute atomic E-state index is 0.0411. The Morgan fingerprint density at radius 2 is 1.88 bits per heavy atom. The average molecular weight is 392 g/mol. The second-order valence-electron chi connectivity index (χ2n) is 6.25. The van der Waals surface area contributed by atoms with Crippen molar-refractivity contribution < 1.29 is 27.5 Å². The number of rotatable bonds is 7. The van der Waals surface area contributed by atoms with E-state index in [-0.39, 0.29) is 22.9 Å². The second-order valence-corrected chi connectivity index (χ2v) is 8.83. The van der Waals surface area contributed by atoms with E-state index in [1.165, 1.54) is 7.11 Å². The molecule has 1 rings (SSSR count). The number of carbonyl (C=O) groups excluding carboxylic acids is 2. The monoisotopic (exact) mass is 392 g/mol. The van der Waals surface area contributed by atoms with Gasteiger partial charge < -0.3 is 14.8 Å². The van der Waals surface area contributed by atoms with Crippen molar-refractivity contribution in [1.82, 2.24) is 10.0 Å². The number of methoxy groups -OCH3 is 1. The van der Waals surface area contributed by atoms with Gasteiger partial charge in [0.05, 0.1) is 7.11 Å². The summed E-state index contributed by atoms with van der Waals surface area (Å²) in [6.07, 6.45) is -0.188. The Balaban J connectivity index is 2.57. The van der Waals surface area contributed by atoms with Crippen LogP contribution >= 0.6 is 11.3 Å². The molecular formula is C15H24N2O6S2. The lowest BCUT2D eigenvalue weighted by Crippen LogP contribution is -2.34. The molecule has 0 aliphatic rings. The van der Waals surface area contributed by atoms with E-state index in [4.69, 9.17) is 4.74 Å². The quantitative estimate of drug-likeness (QED) is 0.543. The summed E-state index contributed by atoms with van der Waals surface area (Å²) in [4.78, 5) is 23.2. The SMILES string of the molecule is COC(=O)c1scc(C)c1S(=O)(=O)NCCCNC(=O)OC(C)(C)C. The molecule has 0 fully saturated rings. The molecule has 1 aromatic heterocycles. The summed E-state index contributed by atoms with van der Waals surface area (Å²) in [6.45, 7) is 7.23. The Bertz CT molecular complexity index is 719. The normalized spacial score (nSPS) is 11.9. The molecule has 0 aromatic carbocycles. The third-order valence-electron chi connectivity index (χ3n) is 2.87. The van der Waals surface area contributed by atoms with Gasteiger partial charge in [-0.1, -0.05) is 0 Å². The van der Waals surface area contributed by atoms with Crippen LogP contribution in [0.1, 0.15) is 42.4 Å². The molecule has 0 saturated heterocycles. The Morgan fingerprint density at radius 1 is 1.24 bits per heavy atom. The molecule has 0 spiro atoms. The number of hydrogen-bond donors (Lipinski definition) is 2. The first kappa shape index (κ1) is 21.4. The van der Waals surface area contributed by atoms with Crippen molar-refractivity contribution in [3.63, 3.8) is 0 Å². The largest absolute Gasteiger partial charge is 0.465 e. The van der Waals surface area contributed by atoms with Gasteiger partial charge in [-0.25, -0.2) is 22.7 Å². The summed E-state index contributed by atoms with van der Waals surface area (Å²) in [5, 5.41) is 4.13. The van der Waals surface area contributed by atoms with Crippen molar-refractivity contribution in [3.05, 3.63) is 15.8 Å². The number of sulfonamides is 1. The molecule has 0 bridgehead atoms. The zero-order valence-corrected chi connectivity index (χ0v) is 16.6. The molecule has 1 amide bonds. The van der Waals surface area contributed by atoms with Crippen LogP contribution in [-0.2, 0) is 19.5 Å². The van der Waals surface area contributed by atoms with Crippen molar-refractivity contribution in [3.8, 4) is 0 Å². The molecule has 0 aliphatic heterocycles. The predicted octanol–water partition coefficient (Wildman–Crippen LogP) is 2.04. The molecule has 1 heterocycles. The van der Waals surface area contributed by atoms with Gasteiger partial charge in [-0.05, 0) is 45.1 Å². The van der Waals surface area contributed by atoms with Crippen LogP contribution in [0.25, 0.3) is 0 Å². The van der Waals surface area contributed by atoms with Gasteiger partial charge in [-0.15, -0.1) is 11.3 Å². The van der Waals surface area contributed by atoms with Crippen molar-refractivity contribution in [2.75, 3.05) is 20.2 Å². The molecule has 0 aliphatic carbocycles. The van der Waals surface area contributed by atoms with E-state index in [2.05, 4.69) is 14.8 Å². The van der Waals surface area contributed by atoms with E-state index in [1.807, 2.05) is 0 Å². The maximum atomic E-state index is 12.4. The maximum Gasteiger partial charge on any atom is 0.407 e. The highest BCUT2D eigenvalue weighted by molar-refractivity contribution is 7.89. The number of esters is 1. The van der Waals surface area contributed by atoms with Crippen LogP contribution in [0.4, 0.5) is 4.79 Å². The van der Waals surface area contributed by atoms with Crippen LogP contribution in [0, 0.1) is 6.92 Å². The first-order valence-electron chi connectivity index (χ1n) is 7.61. The lowest BCUT2D eigenvalue weighted by molar-refractivity contribution is 0.0526. The van der Waals surface area contributed by atoms with Gasteiger partial charge in [0.1, 0.15) is 15.4 Å². The third-order valence-corrected chi connectivity index (χ3v) is 5.73. The fourth-order valence-corrected chi connectivity index (χ4v) is 4.65. The molecule has 0 unspecified atom stereocenters. The maximum absolute atomic E-state index is 12.4. The number of aryl methyl sites for hydroxylation is 1. The molecule has 25 heavy (non-hydrogen) atoms. The van der Waals surface area contributed by atoms with Gasteiger partial charge >= 0.3 is 12.1 Å². The molecule has 0 radical (unpaired) electrons. The average Bonchev–Trinajstić information content (AvgIpc) is 2.86. The van der Waals surface area contributed by atoms with E-state index >= 15 is 0 Å². The first-order chi connectivity index (χ1) is 11.5. The van der Waals surface area contributed by atoms with Crippen LogP contribution in [0.3, 0.4) is 0 Å². The van der Waals surface area contributed by atoms with Gasteiger partial charge in [0.25, 0.3) is 0 Å². The molecule has 2 N–H and O–H groups in total. The summed E-state index contributed by atoms with van der Waals surface area (Å²) in [5.41, 5.74) is -0.114. The molecular weight excluding hydrogens is 368 g/mol. The van der Waals surface area contributed by atoms with Crippen LogP contribution in [0.5, 0.6) is 0 Å². The summed E-state index contributed by atoms with van der Waals surface area (Å²) in [6, 6.07) is 0. The van der Waals surface area contributed by atoms with Gasteiger partial charge in [0.2, 0.25) is 10.0 Å². The van der Waals surface area contributed by atoms with Gasteiger partial charge in [-0.2, -0.15) is 0 Å². The van der Waals surface area contributed by atoms with Crippen molar-refractivity contribution in [2.45, 2.75) is 44.6 Å². The number of carbonyl (C=O) groups is 2. The van der Waals surface area contributed by atoms with Crippen LogP contribution in [0.15, 0.2) is 10.3 Å². The molecule has 142 valence electrons. The minimum Gasteiger partial charge on any atom is -0.465 e. The molecule has 8 nitrogen and oxygen atoms in total. The van der Waals surface area contributed by atoms with Crippen molar-refractivity contribution in [1.29, 1.82) is 0 Å². The number of amides is 1. The Morgan fingerprint density at radius 3 is 2.44 bits per heavy atom. The van der Waals surface area contributed by atoms with E-state index < -0.39 is 27.7 Å². The number of nitrogens with one attached hydrogen (secondary N) is 2. The Labute approximate surface area is 151 Å². The number of ether oxygens (including phenoxy) is 2. The fraction of sp³-hybridized carbons (Fsp3) is 0.600. The van der Waals surface area contributed by atoms with E-state index in [9.17, 15) is 18.0 Å². The highest BCUT2D eigenvalue weighted by atomic mass is 32.2. The molecule has 1 aromatic rings. The van der Waals surface area contributed by atoms with E-state index in [0.29, 0.717) is 12.0 Å². The number of hydrogen-bond acceptors (Lipinski definition) is 7. The third kappa shape index (κ3) is 6.63. The van der Waals surface area contributed by atoms with Gasteiger partial charge in [-0.3, -0.25) is 0 Å². The lowest BCUT2D eigenvalue weighted by atomic mass is 10.2. The standard InChI is InChI=1S/C15H24N2O6S2/c1-10-9-24-11(13(18)22-5)12(10)25(20,21)17-8-6-7-16-14(19)23-15(2,3)4/h9,17H,6-8H2,1-5H3,(H,16,19). The molecule has 0 saturated carbocycles. The number of alkyl carbamates (subject to hydrolysis) is 1. The van der Waals surface area contributed by atoms with Gasteiger partial charge in [0.15, 0.2) is 0 Å². The molecule has 10 heteroatoms. The smallest absolute Gasteiger partial charge is 0.407 e. The summed E-state index contributed by atoms with van der Waals surface area (Å²) >= 11 is 1.02. The Kier molecular flexibility index (Phi) is 7.39. The van der Waals surface area contributed by atoms with E-state index in [1.54, 1.807) is 33.1 Å². The summed E-state index contributed by atoms with van der Waals surface area (Å²) in [7, 11) is -2.65. The zero-order valence-electron chi connectivity index (χ0n) is 15.0. The second kappa shape index (κ2) is 8.63. The van der Waals surface area contributed by atoms with Crippen LogP contribution in [-0.4, -0.2) is 46.3 Å². The minimum atomic E-state index is -3.85. The van der Waals surface area contributed by atoms with Gasteiger partial charge in [0, 0.05) is 13.1 Å². The van der Waals surface area contributed by atoms with Crippen molar-refractivity contribution in [2.24, 2.45) is 0 Å². The molecule has 0 atom stereocenters.